The largest absolute Gasteiger partial charge is 0.476 e. The molecule has 0 atom stereocenters. The maximum absolute atomic E-state index is 10.4. The summed E-state index contributed by atoms with van der Waals surface area (Å²) in [6, 6.07) is 0. The molecule has 0 saturated carbocycles. The number of ether oxygens (including phenoxy) is 1. The number of carboxylic acid groups (broad SMARTS) is 1. The molecule has 0 saturated heterocycles. The van der Waals surface area contributed by atoms with E-state index in [1.165, 1.54) is 7.11 Å². The highest BCUT2D eigenvalue weighted by Crippen LogP contribution is 1.92. The molecule has 0 spiro atoms. The van der Waals surface area contributed by atoms with E-state index in [1.54, 1.807) is 0 Å². The van der Waals surface area contributed by atoms with Crippen LogP contribution in [0.2, 0.25) is 0 Å². The van der Waals surface area contributed by atoms with E-state index >= 15 is 0 Å². The molecule has 5 nitrogen and oxygen atoms in total. The van der Waals surface area contributed by atoms with Gasteiger partial charge in [0.05, 0.1) is 13.5 Å². The van der Waals surface area contributed by atoms with Crippen LogP contribution < -0.4 is 0 Å². The second-order valence-corrected chi connectivity index (χ2v) is 1.80. The molecule has 0 fully saturated rings. The predicted octanol–water partition coefficient (Wildman–Crippen LogP) is -0.407. The van der Waals surface area contributed by atoms with Gasteiger partial charge in [0.1, 0.15) is 0 Å². The Hall–Kier alpha value is -1.39. The van der Waals surface area contributed by atoms with Crippen molar-refractivity contribution in [3.8, 4) is 0 Å². The van der Waals surface area contributed by atoms with E-state index < -0.39 is 17.7 Å². The van der Waals surface area contributed by atoms with Gasteiger partial charge in [-0.1, -0.05) is 0 Å². The van der Waals surface area contributed by atoms with Gasteiger partial charge in [0.2, 0.25) is 5.78 Å². The highest BCUT2D eigenvalue weighted by molar-refractivity contribution is 6.32. The first-order chi connectivity index (χ1) is 5.07. The number of carbonyl (C=O) groups is 3. The van der Waals surface area contributed by atoms with Crippen molar-refractivity contribution in [1.29, 1.82) is 0 Å². The van der Waals surface area contributed by atoms with E-state index in [0.717, 1.165) is 0 Å². The molecule has 0 unspecified atom stereocenters. The lowest BCUT2D eigenvalue weighted by atomic mass is 10.2. The Balaban J connectivity index is 3.63. The Morgan fingerprint density at radius 2 is 1.82 bits per heavy atom. The maximum Gasteiger partial charge on any atom is 0.372 e. The molecule has 0 aliphatic heterocycles. The molecule has 11 heavy (non-hydrogen) atoms. The average Bonchev–Trinajstić information content (AvgIpc) is 1.99. The van der Waals surface area contributed by atoms with E-state index in [0.29, 0.717) is 0 Å². The van der Waals surface area contributed by atoms with Gasteiger partial charge in [-0.25, -0.2) is 4.79 Å². The molecule has 0 bridgehead atoms. The van der Waals surface area contributed by atoms with Crippen LogP contribution in [-0.4, -0.2) is 29.9 Å². The molecular weight excluding hydrogens is 152 g/mol. The summed E-state index contributed by atoms with van der Waals surface area (Å²) in [5.41, 5.74) is 0. The molecule has 0 aromatic carbocycles. The van der Waals surface area contributed by atoms with Gasteiger partial charge in [-0.3, -0.25) is 9.59 Å². The number of esters is 1. The van der Waals surface area contributed by atoms with Gasteiger partial charge in [0.15, 0.2) is 0 Å². The quantitative estimate of drug-likeness (QED) is 0.446. The van der Waals surface area contributed by atoms with Crippen molar-refractivity contribution in [1.82, 2.24) is 0 Å². The molecule has 0 rings (SSSR count). The van der Waals surface area contributed by atoms with Crippen LogP contribution in [-0.2, 0) is 19.1 Å². The number of carbonyl (C=O) groups excluding carboxylic acids is 2. The number of hydrogen-bond donors (Lipinski definition) is 1. The van der Waals surface area contributed by atoms with E-state index in [-0.39, 0.29) is 12.8 Å². The van der Waals surface area contributed by atoms with E-state index in [4.69, 9.17) is 5.11 Å². The van der Waals surface area contributed by atoms with Gasteiger partial charge in [0, 0.05) is 6.42 Å². The van der Waals surface area contributed by atoms with Gasteiger partial charge in [-0.15, -0.1) is 0 Å². The fourth-order valence-electron chi connectivity index (χ4n) is 0.425. The van der Waals surface area contributed by atoms with Gasteiger partial charge in [-0.05, 0) is 0 Å². The summed E-state index contributed by atoms with van der Waals surface area (Å²) >= 11 is 0. The molecule has 0 radical (unpaired) electrons. The number of Topliss-reactive ketones (excluding diaryl/α,β-unsaturated/α-hetero) is 1. The minimum Gasteiger partial charge on any atom is -0.476 e. The fourth-order valence-corrected chi connectivity index (χ4v) is 0.425. The van der Waals surface area contributed by atoms with Crippen LogP contribution in [0.1, 0.15) is 12.8 Å². The highest BCUT2D eigenvalue weighted by Gasteiger charge is 2.13. The van der Waals surface area contributed by atoms with Gasteiger partial charge >= 0.3 is 11.9 Å². The van der Waals surface area contributed by atoms with Gasteiger partial charge in [0.25, 0.3) is 0 Å². The average molecular weight is 160 g/mol. The predicted molar refractivity (Wildman–Crippen MR) is 33.9 cm³/mol. The molecular formula is C6H8O5. The third-order valence-electron chi connectivity index (χ3n) is 1.02. The first kappa shape index (κ1) is 9.61. The van der Waals surface area contributed by atoms with Crippen molar-refractivity contribution in [3.05, 3.63) is 0 Å². The summed E-state index contributed by atoms with van der Waals surface area (Å²) < 4.78 is 4.20. The van der Waals surface area contributed by atoms with E-state index in [2.05, 4.69) is 4.74 Å². The Labute approximate surface area is 63.0 Å². The lowest BCUT2D eigenvalue weighted by Gasteiger charge is -1.94. The summed E-state index contributed by atoms with van der Waals surface area (Å²) in [5.74, 6) is -3.08. The molecule has 1 N–H and O–H groups in total. The zero-order valence-corrected chi connectivity index (χ0v) is 5.99. The first-order valence-corrected chi connectivity index (χ1v) is 2.91. The van der Waals surface area contributed by atoms with Crippen molar-refractivity contribution in [2.45, 2.75) is 12.8 Å². The Morgan fingerprint density at radius 3 is 2.18 bits per heavy atom. The summed E-state index contributed by atoms with van der Waals surface area (Å²) in [6.45, 7) is 0. The van der Waals surface area contributed by atoms with Crippen LogP contribution in [0, 0.1) is 0 Å². The zero-order chi connectivity index (χ0) is 8.85. The van der Waals surface area contributed by atoms with Crippen LogP contribution in [0.4, 0.5) is 0 Å². The van der Waals surface area contributed by atoms with Crippen LogP contribution in [0.15, 0.2) is 0 Å². The van der Waals surface area contributed by atoms with E-state index in [9.17, 15) is 14.4 Å². The molecule has 0 aromatic rings. The van der Waals surface area contributed by atoms with E-state index in [1.807, 2.05) is 0 Å². The lowest BCUT2D eigenvalue weighted by molar-refractivity contribution is -0.150. The third kappa shape index (κ3) is 4.07. The summed E-state index contributed by atoms with van der Waals surface area (Å²) in [7, 11) is 1.17. The molecule has 0 aromatic heterocycles. The Kier molecular flexibility index (Phi) is 3.87. The van der Waals surface area contributed by atoms with Crippen LogP contribution in [0.25, 0.3) is 0 Å². The van der Waals surface area contributed by atoms with Crippen molar-refractivity contribution in [2.24, 2.45) is 0 Å². The molecule has 5 heteroatoms. The maximum atomic E-state index is 10.4. The van der Waals surface area contributed by atoms with Crippen LogP contribution in [0.5, 0.6) is 0 Å². The Bertz CT molecular complexity index is 183. The normalized spacial score (nSPS) is 8.82. The minimum atomic E-state index is -1.52. The number of carboxylic acids is 1. The monoisotopic (exact) mass is 160 g/mol. The van der Waals surface area contributed by atoms with Crippen LogP contribution in [0.3, 0.4) is 0 Å². The smallest absolute Gasteiger partial charge is 0.372 e. The third-order valence-corrected chi connectivity index (χ3v) is 1.02. The number of methoxy groups -OCH3 is 1. The standard InChI is InChI=1S/C6H8O5/c1-11-5(8)3-2-4(7)6(9)10/h2-3H2,1H3,(H,9,10). The first-order valence-electron chi connectivity index (χ1n) is 2.91. The zero-order valence-electron chi connectivity index (χ0n) is 5.99. The van der Waals surface area contributed by atoms with Crippen molar-refractivity contribution in [3.63, 3.8) is 0 Å². The molecule has 0 aliphatic carbocycles. The second kappa shape index (κ2) is 4.43. The number of aliphatic carboxylic acids is 1. The number of ketones is 1. The minimum absolute atomic E-state index is 0.179. The summed E-state index contributed by atoms with van der Waals surface area (Å²) in [4.78, 5) is 30.6. The lowest BCUT2D eigenvalue weighted by Crippen LogP contribution is -2.14. The number of rotatable bonds is 4. The van der Waals surface area contributed by atoms with Crippen molar-refractivity contribution >= 4 is 17.7 Å². The fraction of sp³-hybridized carbons (Fsp3) is 0.500. The highest BCUT2D eigenvalue weighted by atomic mass is 16.5. The summed E-state index contributed by atoms with van der Waals surface area (Å²) in [5, 5.41) is 8.07. The Morgan fingerprint density at radius 1 is 1.27 bits per heavy atom. The molecule has 0 aliphatic rings. The topological polar surface area (TPSA) is 80.7 Å². The van der Waals surface area contributed by atoms with Crippen LogP contribution >= 0.6 is 0 Å². The summed E-state index contributed by atoms with van der Waals surface area (Å²) in [6.07, 6.45) is -0.483. The molecule has 0 heterocycles. The molecule has 62 valence electrons. The van der Waals surface area contributed by atoms with Gasteiger partial charge in [-0.2, -0.15) is 0 Å². The SMILES string of the molecule is COC(=O)CCC(=O)C(=O)O. The number of hydrogen-bond acceptors (Lipinski definition) is 4. The van der Waals surface area contributed by atoms with Crippen molar-refractivity contribution in [2.75, 3.05) is 7.11 Å². The molecule has 0 amide bonds. The second-order valence-electron chi connectivity index (χ2n) is 1.80. The van der Waals surface area contributed by atoms with Gasteiger partial charge < -0.3 is 9.84 Å². The van der Waals surface area contributed by atoms with Crippen molar-refractivity contribution < 1.29 is 24.2 Å².